The van der Waals surface area contributed by atoms with Gasteiger partial charge < -0.3 is 20.5 Å². The van der Waals surface area contributed by atoms with Crippen molar-refractivity contribution in [2.45, 2.75) is 32.4 Å². The molecule has 0 aliphatic heterocycles. The predicted octanol–water partition coefficient (Wildman–Crippen LogP) is 2.53. The molecule has 0 fully saturated rings. The lowest BCUT2D eigenvalue weighted by atomic mass is 10.0. The lowest BCUT2D eigenvalue weighted by molar-refractivity contribution is 0.0616. The minimum Gasteiger partial charge on any atom is -0.396 e. The Kier molecular flexibility index (Phi) is 4.49. The maximum absolute atomic E-state index is 10.4. The number of hydrogen-bond acceptors (Lipinski definition) is 6. The molecule has 0 amide bonds. The van der Waals surface area contributed by atoms with Crippen molar-refractivity contribution in [2.24, 2.45) is 0 Å². The second-order valence-corrected chi connectivity index (χ2v) is 7.57. The van der Waals surface area contributed by atoms with Crippen LogP contribution in [0.2, 0.25) is 0 Å². The molecule has 3 aromatic heterocycles. The van der Waals surface area contributed by atoms with Crippen LogP contribution in [0.5, 0.6) is 0 Å². The van der Waals surface area contributed by atoms with E-state index in [9.17, 15) is 10.2 Å². The normalized spacial score (nSPS) is 12.1. The first-order valence-corrected chi connectivity index (χ1v) is 9.19. The molecule has 0 aliphatic rings. The average molecular weight is 377 g/mol. The Morgan fingerprint density at radius 1 is 1.14 bits per heavy atom. The maximum atomic E-state index is 10.4. The molecule has 0 radical (unpaired) electrons. The van der Waals surface area contributed by atoms with Gasteiger partial charge in [0.05, 0.1) is 29.8 Å². The number of anilines is 1. The molecule has 0 saturated heterocycles. The van der Waals surface area contributed by atoms with E-state index in [1.807, 2.05) is 34.9 Å². The van der Waals surface area contributed by atoms with Crippen LogP contribution in [0.15, 0.2) is 42.7 Å². The van der Waals surface area contributed by atoms with Crippen LogP contribution in [0.4, 0.5) is 5.82 Å². The largest absolute Gasteiger partial charge is 0.396 e. The first-order valence-electron chi connectivity index (χ1n) is 9.19. The van der Waals surface area contributed by atoms with Gasteiger partial charge in [-0.2, -0.15) is 0 Å². The van der Waals surface area contributed by atoms with Gasteiger partial charge in [-0.3, -0.25) is 4.98 Å². The number of aliphatic hydroxyl groups excluding tert-OH is 1. The molecule has 0 saturated carbocycles. The van der Waals surface area contributed by atoms with E-state index in [4.69, 9.17) is 5.73 Å². The van der Waals surface area contributed by atoms with Crippen LogP contribution in [0.25, 0.3) is 33.1 Å². The van der Waals surface area contributed by atoms with Crippen LogP contribution >= 0.6 is 0 Å². The van der Waals surface area contributed by atoms with Crippen LogP contribution < -0.4 is 5.73 Å². The van der Waals surface area contributed by atoms with Crippen molar-refractivity contribution >= 4 is 27.8 Å². The number of fused-ring (bicyclic) bond motifs is 3. The predicted molar refractivity (Wildman–Crippen MR) is 110 cm³/mol. The fourth-order valence-electron chi connectivity index (χ4n) is 3.52. The Balaban J connectivity index is 1.99. The van der Waals surface area contributed by atoms with Gasteiger partial charge >= 0.3 is 0 Å². The molecule has 4 rings (SSSR count). The lowest BCUT2D eigenvalue weighted by Gasteiger charge is -2.20. The molecule has 3 heterocycles. The van der Waals surface area contributed by atoms with E-state index in [1.54, 1.807) is 26.2 Å². The zero-order valence-electron chi connectivity index (χ0n) is 15.9. The summed E-state index contributed by atoms with van der Waals surface area (Å²) in [5, 5.41) is 20.8. The number of nitrogens with zero attached hydrogens (tertiary/aromatic N) is 4. The number of nitrogens with two attached hydrogens (primary N) is 1. The van der Waals surface area contributed by atoms with Gasteiger partial charge in [-0.1, -0.05) is 18.2 Å². The standard InChI is InChI=1S/C21H23N5O2/c1-21(2,28)12-26-17(7-9-27)25-18-19(26)15-6-5-13(10-16(15)24-20(18)22)14-4-3-8-23-11-14/h3-6,8,10-11,27-28H,7,9,12H2,1-2H3,(H2,22,24). The van der Waals surface area contributed by atoms with Crippen molar-refractivity contribution in [2.75, 3.05) is 12.3 Å². The van der Waals surface area contributed by atoms with Crippen molar-refractivity contribution in [3.8, 4) is 11.1 Å². The summed E-state index contributed by atoms with van der Waals surface area (Å²) in [5.41, 5.74) is 9.44. The summed E-state index contributed by atoms with van der Waals surface area (Å²) in [6, 6.07) is 9.88. The third-order valence-corrected chi connectivity index (χ3v) is 4.66. The van der Waals surface area contributed by atoms with Gasteiger partial charge in [-0.25, -0.2) is 9.97 Å². The Morgan fingerprint density at radius 2 is 1.96 bits per heavy atom. The fourth-order valence-corrected chi connectivity index (χ4v) is 3.52. The minimum atomic E-state index is -0.947. The molecular weight excluding hydrogens is 354 g/mol. The zero-order chi connectivity index (χ0) is 19.9. The van der Waals surface area contributed by atoms with Gasteiger partial charge in [0.15, 0.2) is 5.82 Å². The van der Waals surface area contributed by atoms with Crippen LogP contribution in [0.3, 0.4) is 0 Å². The van der Waals surface area contributed by atoms with E-state index in [1.165, 1.54) is 0 Å². The maximum Gasteiger partial charge on any atom is 0.152 e. The van der Waals surface area contributed by atoms with Crippen molar-refractivity contribution in [1.82, 2.24) is 19.5 Å². The number of imidazole rings is 1. The highest BCUT2D eigenvalue weighted by Gasteiger charge is 2.22. The number of nitrogen functional groups attached to an aromatic ring is 1. The van der Waals surface area contributed by atoms with Crippen molar-refractivity contribution < 1.29 is 10.2 Å². The van der Waals surface area contributed by atoms with E-state index in [2.05, 4.69) is 15.0 Å². The monoisotopic (exact) mass is 377 g/mol. The second kappa shape index (κ2) is 6.85. The summed E-state index contributed by atoms with van der Waals surface area (Å²) in [5.74, 6) is 1.01. The zero-order valence-corrected chi connectivity index (χ0v) is 15.9. The molecule has 28 heavy (non-hydrogen) atoms. The number of rotatable bonds is 5. The highest BCUT2D eigenvalue weighted by molar-refractivity contribution is 6.07. The molecule has 1 aromatic carbocycles. The van der Waals surface area contributed by atoms with Crippen LogP contribution in [0.1, 0.15) is 19.7 Å². The molecule has 4 N–H and O–H groups in total. The van der Waals surface area contributed by atoms with Crippen LogP contribution in [0, 0.1) is 0 Å². The van der Waals surface area contributed by atoms with E-state index in [0.29, 0.717) is 30.1 Å². The summed E-state index contributed by atoms with van der Waals surface area (Å²) in [4.78, 5) is 13.3. The summed E-state index contributed by atoms with van der Waals surface area (Å²) in [6.45, 7) is 3.79. The number of pyridine rings is 2. The first kappa shape index (κ1) is 18.3. The Bertz CT molecular complexity index is 1150. The van der Waals surface area contributed by atoms with Crippen molar-refractivity contribution in [3.63, 3.8) is 0 Å². The van der Waals surface area contributed by atoms with Gasteiger partial charge in [-0.05, 0) is 31.5 Å². The minimum absolute atomic E-state index is 0.0361. The van der Waals surface area contributed by atoms with Crippen LogP contribution in [-0.2, 0) is 13.0 Å². The molecule has 7 heteroatoms. The Hall–Kier alpha value is -3.03. The summed E-state index contributed by atoms with van der Waals surface area (Å²) >= 11 is 0. The fraction of sp³-hybridized carbons (Fsp3) is 0.286. The van der Waals surface area contributed by atoms with Gasteiger partial charge in [0.25, 0.3) is 0 Å². The number of aromatic nitrogens is 4. The van der Waals surface area contributed by atoms with Crippen molar-refractivity contribution in [3.05, 3.63) is 48.5 Å². The molecular formula is C21H23N5O2. The Morgan fingerprint density at radius 3 is 2.64 bits per heavy atom. The number of benzene rings is 1. The van der Waals surface area contributed by atoms with Gasteiger partial charge in [0.1, 0.15) is 11.3 Å². The van der Waals surface area contributed by atoms with Gasteiger partial charge in [-0.15, -0.1) is 0 Å². The smallest absolute Gasteiger partial charge is 0.152 e. The van der Waals surface area contributed by atoms with E-state index in [-0.39, 0.29) is 6.61 Å². The second-order valence-electron chi connectivity index (χ2n) is 7.57. The SMILES string of the molecule is CC(C)(O)Cn1c(CCO)nc2c(N)nc3cc(-c4cccnc4)ccc3c21. The quantitative estimate of drug-likeness (QED) is 0.493. The van der Waals surface area contributed by atoms with E-state index < -0.39 is 5.60 Å². The van der Waals surface area contributed by atoms with E-state index >= 15 is 0 Å². The highest BCUT2D eigenvalue weighted by atomic mass is 16.3. The molecule has 7 nitrogen and oxygen atoms in total. The van der Waals surface area contributed by atoms with Crippen molar-refractivity contribution in [1.29, 1.82) is 0 Å². The highest BCUT2D eigenvalue weighted by Crippen LogP contribution is 2.32. The number of hydrogen-bond donors (Lipinski definition) is 3. The summed E-state index contributed by atoms with van der Waals surface area (Å²) < 4.78 is 1.94. The number of aliphatic hydroxyl groups is 2. The lowest BCUT2D eigenvalue weighted by Crippen LogP contribution is -2.27. The molecule has 0 aliphatic carbocycles. The average Bonchev–Trinajstić information content (AvgIpc) is 3.00. The van der Waals surface area contributed by atoms with Gasteiger partial charge in [0.2, 0.25) is 0 Å². The molecule has 0 unspecified atom stereocenters. The molecule has 0 spiro atoms. The summed E-state index contributed by atoms with van der Waals surface area (Å²) in [6.07, 6.45) is 3.92. The molecule has 144 valence electrons. The first-order chi connectivity index (χ1) is 13.4. The molecule has 0 atom stereocenters. The van der Waals surface area contributed by atoms with E-state index in [0.717, 1.165) is 27.5 Å². The van der Waals surface area contributed by atoms with Crippen LogP contribution in [-0.4, -0.2) is 41.9 Å². The third-order valence-electron chi connectivity index (χ3n) is 4.66. The molecule has 4 aromatic rings. The molecule has 0 bridgehead atoms. The third kappa shape index (κ3) is 3.30. The topological polar surface area (TPSA) is 110 Å². The Labute approximate surface area is 162 Å². The van der Waals surface area contributed by atoms with Gasteiger partial charge in [0, 0.05) is 29.8 Å². The summed E-state index contributed by atoms with van der Waals surface area (Å²) in [7, 11) is 0.